The van der Waals surface area contributed by atoms with Gasteiger partial charge in [-0.3, -0.25) is 14.5 Å². The molecule has 2 aliphatic heterocycles. The van der Waals surface area contributed by atoms with Gasteiger partial charge in [0.25, 0.3) is 5.91 Å². The molecule has 1 saturated carbocycles. The molecule has 194 valence electrons. The highest BCUT2D eigenvalue weighted by Gasteiger charge is 2.31. The largest absolute Gasteiger partial charge is 0.368 e. The number of hydrogen-bond acceptors (Lipinski definition) is 7. The third-order valence-electron chi connectivity index (χ3n) is 7.98. The Morgan fingerprint density at radius 1 is 1.22 bits per heavy atom. The molecular formula is C26H38N8O2. The van der Waals surface area contributed by atoms with Gasteiger partial charge in [0.1, 0.15) is 5.69 Å². The number of rotatable bonds is 7. The van der Waals surface area contributed by atoms with Gasteiger partial charge in [-0.25, -0.2) is 9.97 Å². The first-order chi connectivity index (χ1) is 17.5. The fourth-order valence-electron chi connectivity index (χ4n) is 5.85. The molecule has 0 bridgehead atoms. The second-order valence-electron chi connectivity index (χ2n) is 10.6. The molecule has 36 heavy (non-hydrogen) atoms. The smallest absolute Gasteiger partial charge is 0.268 e. The van der Waals surface area contributed by atoms with Crippen molar-refractivity contribution in [2.45, 2.75) is 50.6 Å². The fraction of sp³-hybridized carbons (Fsp3) is 0.615. The minimum Gasteiger partial charge on any atom is -0.368 e. The van der Waals surface area contributed by atoms with E-state index in [1.54, 1.807) is 18.3 Å². The number of hydrogen-bond donors (Lipinski definition) is 3. The van der Waals surface area contributed by atoms with Crippen molar-refractivity contribution < 1.29 is 9.59 Å². The van der Waals surface area contributed by atoms with Crippen LogP contribution in [-0.2, 0) is 4.79 Å². The average Bonchev–Trinajstić information content (AvgIpc) is 3.34. The van der Waals surface area contributed by atoms with Gasteiger partial charge < -0.3 is 25.8 Å². The monoisotopic (exact) mass is 494 g/mol. The Balaban J connectivity index is 1.28. The molecule has 10 heteroatoms. The van der Waals surface area contributed by atoms with E-state index in [0.717, 1.165) is 38.3 Å². The maximum Gasteiger partial charge on any atom is 0.268 e. The highest BCUT2D eigenvalue weighted by molar-refractivity contribution is 5.95. The number of likely N-dealkylation sites (N-methyl/N-ethyl adjacent to an activating group) is 1. The molecule has 4 heterocycles. The van der Waals surface area contributed by atoms with Crippen molar-refractivity contribution in [3.8, 4) is 11.3 Å². The van der Waals surface area contributed by atoms with Crippen LogP contribution in [0.4, 0.5) is 5.95 Å². The number of piperazine rings is 1. The van der Waals surface area contributed by atoms with Crippen molar-refractivity contribution in [2.24, 2.45) is 5.92 Å². The third-order valence-corrected chi connectivity index (χ3v) is 7.98. The zero-order valence-electron chi connectivity index (χ0n) is 21.2. The van der Waals surface area contributed by atoms with E-state index in [4.69, 9.17) is 5.73 Å². The average molecular weight is 495 g/mol. The summed E-state index contributed by atoms with van der Waals surface area (Å²) < 4.78 is 1.92. The first-order valence-corrected chi connectivity index (χ1v) is 13.3. The fourth-order valence-corrected chi connectivity index (χ4v) is 5.85. The van der Waals surface area contributed by atoms with E-state index in [0.29, 0.717) is 30.3 Å². The molecule has 0 aromatic carbocycles. The van der Waals surface area contributed by atoms with Gasteiger partial charge in [-0.05, 0) is 37.9 Å². The van der Waals surface area contributed by atoms with Crippen LogP contribution in [0.5, 0.6) is 0 Å². The number of nitrogens with zero attached hydrogens (tertiary/aromatic N) is 5. The lowest BCUT2D eigenvalue weighted by atomic mass is 9.83. The van der Waals surface area contributed by atoms with Crippen molar-refractivity contribution >= 4 is 17.8 Å². The number of carbonyl (C=O) groups is 2. The van der Waals surface area contributed by atoms with Crippen LogP contribution in [0.15, 0.2) is 24.5 Å². The molecule has 1 aliphatic carbocycles. The lowest BCUT2D eigenvalue weighted by Crippen LogP contribution is -2.53. The van der Waals surface area contributed by atoms with Gasteiger partial charge in [-0.1, -0.05) is 19.3 Å². The summed E-state index contributed by atoms with van der Waals surface area (Å²) in [6.45, 7) is 5.58. The van der Waals surface area contributed by atoms with Crippen molar-refractivity contribution in [1.82, 2.24) is 35.0 Å². The zero-order valence-corrected chi connectivity index (χ0v) is 21.2. The Morgan fingerprint density at radius 3 is 2.75 bits per heavy atom. The lowest BCUT2D eigenvalue weighted by molar-refractivity contribution is -0.123. The predicted octanol–water partition coefficient (Wildman–Crippen LogP) is 1.51. The maximum absolute atomic E-state index is 13.4. The predicted molar refractivity (Wildman–Crippen MR) is 138 cm³/mol. The van der Waals surface area contributed by atoms with E-state index in [1.807, 2.05) is 10.8 Å². The van der Waals surface area contributed by atoms with Gasteiger partial charge in [-0.15, -0.1) is 0 Å². The number of anilines is 1. The number of nitrogen functional groups attached to an aromatic ring is 1. The maximum atomic E-state index is 13.4. The Hall–Kier alpha value is -2.98. The van der Waals surface area contributed by atoms with Crippen LogP contribution >= 0.6 is 0 Å². The standard InChI is InChI=1S/C26H38N8O2/c1-32-9-11-33(12-10-32)17-22(18-5-3-2-4-6-18)30-24(35)14-20-15-29-25(36)23-13-19(16-34(20)23)21-7-8-28-26(27)31-21/h7-8,13,16,18,20,22H,2-6,9-12,14-15,17H2,1H3,(H,29,36)(H,30,35)(H2,27,28,31)/t20-,22+/m1/s1. The van der Waals surface area contributed by atoms with Gasteiger partial charge in [0.15, 0.2) is 0 Å². The van der Waals surface area contributed by atoms with Crippen LogP contribution < -0.4 is 16.4 Å². The summed E-state index contributed by atoms with van der Waals surface area (Å²) in [4.78, 5) is 39.0. The Morgan fingerprint density at radius 2 is 2.00 bits per heavy atom. The summed E-state index contributed by atoms with van der Waals surface area (Å²) in [5.74, 6) is 0.625. The van der Waals surface area contributed by atoms with Gasteiger partial charge in [0.05, 0.1) is 11.7 Å². The second-order valence-corrected chi connectivity index (χ2v) is 10.6. The lowest BCUT2D eigenvalue weighted by Gasteiger charge is -2.38. The van der Waals surface area contributed by atoms with E-state index in [1.165, 1.54) is 32.1 Å². The van der Waals surface area contributed by atoms with Crippen LogP contribution in [0, 0.1) is 5.92 Å². The van der Waals surface area contributed by atoms with Crippen LogP contribution in [0.3, 0.4) is 0 Å². The van der Waals surface area contributed by atoms with E-state index in [-0.39, 0.29) is 29.8 Å². The summed E-state index contributed by atoms with van der Waals surface area (Å²) in [6.07, 6.45) is 9.98. The van der Waals surface area contributed by atoms with Crippen molar-refractivity contribution in [3.05, 3.63) is 30.2 Å². The molecule has 4 N–H and O–H groups in total. The molecule has 2 aromatic rings. The summed E-state index contributed by atoms with van der Waals surface area (Å²) in [7, 11) is 2.17. The molecule has 0 radical (unpaired) electrons. The Kier molecular flexibility index (Phi) is 7.52. The SMILES string of the molecule is CN1CCN(C[C@H](NC(=O)C[C@@H]2CNC(=O)c3cc(-c4ccnc(N)n4)cn32)C2CCCCC2)CC1. The summed E-state index contributed by atoms with van der Waals surface area (Å²) >= 11 is 0. The van der Waals surface area contributed by atoms with Gasteiger partial charge in [0, 0.05) is 69.7 Å². The van der Waals surface area contributed by atoms with Crippen LogP contribution in [0.1, 0.15) is 55.1 Å². The molecule has 10 nitrogen and oxygen atoms in total. The number of aromatic nitrogens is 3. The molecule has 3 aliphatic rings. The minimum atomic E-state index is -0.152. The minimum absolute atomic E-state index is 0.0494. The van der Waals surface area contributed by atoms with E-state index in [9.17, 15) is 9.59 Å². The summed E-state index contributed by atoms with van der Waals surface area (Å²) in [5.41, 5.74) is 7.73. The number of amides is 2. The van der Waals surface area contributed by atoms with Crippen LogP contribution in [-0.4, -0.2) is 88.5 Å². The molecule has 2 amide bonds. The van der Waals surface area contributed by atoms with Gasteiger partial charge in [-0.2, -0.15) is 0 Å². The molecule has 2 atom stereocenters. The van der Waals surface area contributed by atoms with Crippen molar-refractivity contribution in [1.29, 1.82) is 0 Å². The van der Waals surface area contributed by atoms with Crippen molar-refractivity contribution in [2.75, 3.05) is 52.0 Å². The quantitative estimate of drug-likeness (QED) is 0.533. The summed E-state index contributed by atoms with van der Waals surface area (Å²) in [5, 5.41) is 6.37. The first-order valence-electron chi connectivity index (χ1n) is 13.3. The summed E-state index contributed by atoms with van der Waals surface area (Å²) in [6, 6.07) is 3.59. The molecular weight excluding hydrogens is 456 g/mol. The first kappa shape index (κ1) is 24.7. The van der Waals surface area contributed by atoms with E-state index >= 15 is 0 Å². The van der Waals surface area contributed by atoms with Crippen LogP contribution in [0.25, 0.3) is 11.3 Å². The Bertz CT molecular complexity index is 1070. The molecule has 2 fully saturated rings. The van der Waals surface area contributed by atoms with E-state index < -0.39 is 0 Å². The molecule has 5 rings (SSSR count). The Labute approximate surface area is 212 Å². The number of carbonyl (C=O) groups excluding carboxylic acids is 2. The van der Waals surface area contributed by atoms with Gasteiger partial charge in [0.2, 0.25) is 11.9 Å². The topological polar surface area (TPSA) is 121 Å². The number of nitrogens with one attached hydrogen (secondary N) is 2. The van der Waals surface area contributed by atoms with Crippen molar-refractivity contribution in [3.63, 3.8) is 0 Å². The zero-order chi connectivity index (χ0) is 25.1. The molecule has 2 aromatic heterocycles. The highest BCUT2D eigenvalue weighted by atomic mass is 16.2. The number of nitrogens with two attached hydrogens (primary N) is 1. The number of fused-ring (bicyclic) bond motifs is 1. The van der Waals surface area contributed by atoms with E-state index in [2.05, 4.69) is 37.4 Å². The molecule has 1 saturated heterocycles. The highest BCUT2D eigenvalue weighted by Crippen LogP contribution is 2.29. The molecule has 0 spiro atoms. The third kappa shape index (κ3) is 5.70. The second kappa shape index (κ2) is 11.0. The van der Waals surface area contributed by atoms with Gasteiger partial charge >= 0.3 is 0 Å². The van der Waals surface area contributed by atoms with Crippen LogP contribution in [0.2, 0.25) is 0 Å². The normalized spacial score (nSPS) is 22.6. The molecule has 0 unspecified atom stereocenters.